The fourth-order valence-electron chi connectivity index (χ4n) is 2.53. The maximum atomic E-state index is 12.4. The van der Waals surface area contributed by atoms with Gasteiger partial charge in [0, 0.05) is 6.04 Å². The van der Waals surface area contributed by atoms with Crippen molar-refractivity contribution < 1.29 is 8.42 Å². The zero-order valence-electron chi connectivity index (χ0n) is 11.8. The van der Waals surface area contributed by atoms with E-state index in [1.165, 1.54) is 0 Å². The Kier molecular flexibility index (Phi) is 5.07. The molecule has 0 aromatic heterocycles. The van der Waals surface area contributed by atoms with Crippen LogP contribution in [-0.2, 0) is 10.0 Å². The molecule has 1 aliphatic heterocycles. The van der Waals surface area contributed by atoms with E-state index in [4.69, 9.17) is 11.6 Å². The van der Waals surface area contributed by atoms with E-state index < -0.39 is 10.0 Å². The van der Waals surface area contributed by atoms with Crippen LogP contribution in [-0.4, -0.2) is 27.5 Å². The highest BCUT2D eigenvalue weighted by Crippen LogP contribution is 2.24. The van der Waals surface area contributed by atoms with Gasteiger partial charge in [-0.1, -0.05) is 17.7 Å². The minimum absolute atomic E-state index is 0.106. The van der Waals surface area contributed by atoms with Gasteiger partial charge in [0.15, 0.2) is 0 Å². The van der Waals surface area contributed by atoms with Gasteiger partial charge in [0.05, 0.1) is 5.02 Å². The molecule has 2 atom stereocenters. The van der Waals surface area contributed by atoms with Crippen molar-refractivity contribution in [2.24, 2.45) is 5.92 Å². The Hall–Kier alpha value is -0.620. The van der Waals surface area contributed by atoms with Crippen molar-refractivity contribution in [3.63, 3.8) is 0 Å². The average Bonchev–Trinajstić information content (AvgIpc) is 2.38. The molecular formula is C14H21ClN2O2S. The lowest BCUT2D eigenvalue weighted by Crippen LogP contribution is -2.44. The van der Waals surface area contributed by atoms with E-state index in [1.54, 1.807) is 18.2 Å². The van der Waals surface area contributed by atoms with Gasteiger partial charge in [-0.05, 0) is 63.4 Å². The van der Waals surface area contributed by atoms with E-state index in [0.717, 1.165) is 31.5 Å². The zero-order chi connectivity index (χ0) is 14.8. The second kappa shape index (κ2) is 6.43. The highest BCUT2D eigenvalue weighted by atomic mass is 35.5. The summed E-state index contributed by atoms with van der Waals surface area (Å²) in [6.07, 6.45) is 2.13. The molecule has 1 aromatic carbocycles. The Bertz CT molecular complexity index is 569. The van der Waals surface area contributed by atoms with Crippen LogP contribution in [0.1, 0.15) is 25.3 Å². The van der Waals surface area contributed by atoms with Gasteiger partial charge in [-0.3, -0.25) is 0 Å². The number of hydrogen-bond acceptors (Lipinski definition) is 3. The van der Waals surface area contributed by atoms with Crippen LogP contribution in [0, 0.1) is 12.8 Å². The van der Waals surface area contributed by atoms with Gasteiger partial charge in [-0.2, -0.15) is 0 Å². The molecule has 112 valence electrons. The molecule has 1 aliphatic rings. The molecule has 6 heteroatoms. The molecule has 0 amide bonds. The van der Waals surface area contributed by atoms with Crippen LogP contribution in [0.4, 0.5) is 0 Å². The van der Waals surface area contributed by atoms with Crippen LogP contribution in [0.3, 0.4) is 0 Å². The van der Waals surface area contributed by atoms with E-state index in [-0.39, 0.29) is 16.0 Å². The molecule has 1 fully saturated rings. The molecule has 2 rings (SSSR count). The van der Waals surface area contributed by atoms with Crippen LogP contribution in [0.25, 0.3) is 0 Å². The lowest BCUT2D eigenvalue weighted by molar-refractivity contribution is 0.320. The first-order chi connectivity index (χ1) is 9.40. The lowest BCUT2D eigenvalue weighted by Gasteiger charge is -2.28. The molecule has 20 heavy (non-hydrogen) atoms. The SMILES string of the molecule is Cc1ccc(S(=O)(=O)NC(C)C2CCCNC2)c(Cl)c1. The van der Waals surface area contributed by atoms with Gasteiger partial charge in [0.2, 0.25) is 10.0 Å². The van der Waals surface area contributed by atoms with E-state index in [2.05, 4.69) is 10.0 Å². The quantitative estimate of drug-likeness (QED) is 0.896. The van der Waals surface area contributed by atoms with Gasteiger partial charge in [-0.15, -0.1) is 0 Å². The number of sulfonamides is 1. The molecular weight excluding hydrogens is 296 g/mol. The zero-order valence-corrected chi connectivity index (χ0v) is 13.4. The molecule has 1 saturated heterocycles. The summed E-state index contributed by atoms with van der Waals surface area (Å²) in [6, 6.07) is 4.88. The van der Waals surface area contributed by atoms with Gasteiger partial charge < -0.3 is 5.32 Å². The number of benzene rings is 1. The van der Waals surface area contributed by atoms with Gasteiger partial charge in [-0.25, -0.2) is 13.1 Å². The number of halogens is 1. The highest BCUT2D eigenvalue weighted by molar-refractivity contribution is 7.89. The maximum absolute atomic E-state index is 12.4. The Labute approximate surface area is 126 Å². The topological polar surface area (TPSA) is 58.2 Å². The Morgan fingerprint density at radius 2 is 2.20 bits per heavy atom. The predicted octanol–water partition coefficient (Wildman–Crippen LogP) is 2.31. The number of hydrogen-bond donors (Lipinski definition) is 2. The fraction of sp³-hybridized carbons (Fsp3) is 0.571. The molecule has 0 bridgehead atoms. The summed E-state index contributed by atoms with van der Waals surface area (Å²) >= 11 is 6.05. The molecule has 4 nitrogen and oxygen atoms in total. The van der Waals surface area contributed by atoms with E-state index in [1.807, 2.05) is 13.8 Å². The van der Waals surface area contributed by atoms with Crippen molar-refractivity contribution in [1.82, 2.24) is 10.0 Å². The molecule has 1 heterocycles. The highest BCUT2D eigenvalue weighted by Gasteiger charge is 2.26. The van der Waals surface area contributed by atoms with Crippen molar-refractivity contribution in [3.8, 4) is 0 Å². The predicted molar refractivity (Wildman–Crippen MR) is 81.6 cm³/mol. The summed E-state index contributed by atoms with van der Waals surface area (Å²) in [5.41, 5.74) is 0.943. The summed E-state index contributed by atoms with van der Waals surface area (Å²) in [5.74, 6) is 0.322. The molecule has 1 aromatic rings. The molecule has 0 spiro atoms. The molecule has 2 unspecified atom stereocenters. The first kappa shape index (κ1) is 15.8. The van der Waals surface area contributed by atoms with Crippen LogP contribution in [0.5, 0.6) is 0 Å². The van der Waals surface area contributed by atoms with Gasteiger partial charge in [0.25, 0.3) is 0 Å². The number of nitrogens with one attached hydrogen (secondary N) is 2. The average molecular weight is 317 g/mol. The molecule has 0 saturated carbocycles. The Morgan fingerprint density at radius 3 is 2.80 bits per heavy atom. The minimum atomic E-state index is -3.57. The van der Waals surface area contributed by atoms with Gasteiger partial charge in [0.1, 0.15) is 4.90 Å². The van der Waals surface area contributed by atoms with Crippen LogP contribution in [0.15, 0.2) is 23.1 Å². The molecule has 0 aliphatic carbocycles. The van der Waals surface area contributed by atoms with Crippen LogP contribution < -0.4 is 10.0 Å². The minimum Gasteiger partial charge on any atom is -0.316 e. The van der Waals surface area contributed by atoms with Crippen LogP contribution in [0.2, 0.25) is 5.02 Å². The number of rotatable bonds is 4. The summed E-state index contributed by atoms with van der Waals surface area (Å²) in [7, 11) is -3.57. The Balaban J connectivity index is 2.13. The standard InChI is InChI=1S/C14H21ClN2O2S/c1-10-5-6-14(13(15)8-10)20(18,19)17-11(2)12-4-3-7-16-9-12/h5-6,8,11-12,16-17H,3-4,7,9H2,1-2H3. The number of piperidine rings is 1. The van der Waals surface area contributed by atoms with Crippen molar-refractivity contribution in [3.05, 3.63) is 28.8 Å². The third kappa shape index (κ3) is 3.73. The van der Waals surface area contributed by atoms with Crippen molar-refractivity contribution in [2.45, 2.75) is 37.6 Å². The third-order valence-electron chi connectivity index (χ3n) is 3.76. The monoisotopic (exact) mass is 316 g/mol. The fourth-order valence-corrected chi connectivity index (χ4v) is 4.45. The van der Waals surface area contributed by atoms with Crippen molar-refractivity contribution in [1.29, 1.82) is 0 Å². The Morgan fingerprint density at radius 1 is 1.45 bits per heavy atom. The second-order valence-corrected chi connectivity index (χ2v) is 7.54. The lowest BCUT2D eigenvalue weighted by atomic mass is 9.94. The summed E-state index contributed by atoms with van der Waals surface area (Å²) in [6.45, 7) is 5.66. The second-order valence-electron chi connectivity index (χ2n) is 5.45. The normalized spacial score (nSPS) is 21.6. The first-order valence-electron chi connectivity index (χ1n) is 6.89. The number of aryl methyl sites for hydroxylation is 1. The van der Waals surface area contributed by atoms with E-state index in [9.17, 15) is 8.42 Å². The summed E-state index contributed by atoms with van der Waals surface area (Å²) in [5, 5.41) is 3.57. The maximum Gasteiger partial charge on any atom is 0.242 e. The van der Waals surface area contributed by atoms with Gasteiger partial charge >= 0.3 is 0 Å². The summed E-state index contributed by atoms with van der Waals surface area (Å²) < 4.78 is 27.6. The molecule has 0 radical (unpaired) electrons. The van der Waals surface area contributed by atoms with Crippen LogP contribution >= 0.6 is 11.6 Å². The van der Waals surface area contributed by atoms with E-state index >= 15 is 0 Å². The summed E-state index contributed by atoms with van der Waals surface area (Å²) in [4.78, 5) is 0.153. The largest absolute Gasteiger partial charge is 0.316 e. The smallest absolute Gasteiger partial charge is 0.242 e. The third-order valence-corrected chi connectivity index (χ3v) is 5.80. The molecule has 2 N–H and O–H groups in total. The van der Waals surface area contributed by atoms with Crippen molar-refractivity contribution in [2.75, 3.05) is 13.1 Å². The van der Waals surface area contributed by atoms with E-state index in [0.29, 0.717) is 5.92 Å². The van der Waals surface area contributed by atoms with Crippen molar-refractivity contribution >= 4 is 21.6 Å². The first-order valence-corrected chi connectivity index (χ1v) is 8.75.